The normalized spacial score (nSPS) is 14.0. The van der Waals surface area contributed by atoms with E-state index in [-0.39, 0.29) is 22.8 Å². The van der Waals surface area contributed by atoms with Crippen LogP contribution in [0.15, 0.2) is 48.5 Å². The molecule has 0 bridgehead atoms. The molecule has 106 valence electrons. The van der Waals surface area contributed by atoms with E-state index in [0.29, 0.717) is 6.42 Å². The van der Waals surface area contributed by atoms with Gasteiger partial charge in [-0.25, -0.2) is 4.39 Å². The van der Waals surface area contributed by atoms with Crippen LogP contribution >= 0.6 is 11.6 Å². The van der Waals surface area contributed by atoms with E-state index in [4.69, 9.17) is 17.3 Å². The minimum atomic E-state index is -0.385. The van der Waals surface area contributed by atoms with Crippen molar-refractivity contribution in [3.05, 3.63) is 70.5 Å². The lowest BCUT2D eigenvalue weighted by Gasteiger charge is -2.23. The Kier molecular flexibility index (Phi) is 5.16. The van der Waals surface area contributed by atoms with Gasteiger partial charge < -0.3 is 5.73 Å². The lowest BCUT2D eigenvalue weighted by molar-refractivity contribution is 0.513. The van der Waals surface area contributed by atoms with Crippen LogP contribution in [0.1, 0.15) is 30.4 Å². The van der Waals surface area contributed by atoms with Crippen LogP contribution in [-0.2, 0) is 6.42 Å². The van der Waals surface area contributed by atoms with Gasteiger partial charge in [-0.05, 0) is 36.0 Å². The molecule has 0 radical (unpaired) electrons. The van der Waals surface area contributed by atoms with Gasteiger partial charge in [-0.3, -0.25) is 0 Å². The van der Waals surface area contributed by atoms with Crippen molar-refractivity contribution in [1.29, 1.82) is 0 Å². The van der Waals surface area contributed by atoms with Gasteiger partial charge in [0.15, 0.2) is 0 Å². The van der Waals surface area contributed by atoms with Gasteiger partial charge in [0, 0.05) is 6.04 Å². The van der Waals surface area contributed by atoms with Crippen molar-refractivity contribution in [1.82, 2.24) is 0 Å². The van der Waals surface area contributed by atoms with Crippen LogP contribution in [-0.4, -0.2) is 6.04 Å². The van der Waals surface area contributed by atoms with Crippen LogP contribution in [0.5, 0.6) is 0 Å². The lowest BCUT2D eigenvalue weighted by Crippen LogP contribution is -2.30. The summed E-state index contributed by atoms with van der Waals surface area (Å²) in [7, 11) is 0. The molecule has 0 saturated carbocycles. The third-order valence-electron chi connectivity index (χ3n) is 3.67. The predicted octanol–water partition coefficient (Wildman–Crippen LogP) is 4.54. The van der Waals surface area contributed by atoms with Crippen LogP contribution in [0.25, 0.3) is 0 Å². The highest BCUT2D eigenvalue weighted by Crippen LogP contribution is 2.27. The molecule has 1 nitrogen and oxygen atoms in total. The molecule has 2 aromatic rings. The van der Waals surface area contributed by atoms with Crippen LogP contribution in [0.2, 0.25) is 5.02 Å². The van der Waals surface area contributed by atoms with Crippen molar-refractivity contribution in [2.45, 2.75) is 31.7 Å². The largest absolute Gasteiger partial charge is 0.327 e. The van der Waals surface area contributed by atoms with E-state index in [1.807, 2.05) is 24.3 Å². The fourth-order valence-electron chi connectivity index (χ4n) is 2.59. The highest BCUT2D eigenvalue weighted by Gasteiger charge is 2.19. The van der Waals surface area contributed by atoms with Gasteiger partial charge in [-0.15, -0.1) is 0 Å². The summed E-state index contributed by atoms with van der Waals surface area (Å²) in [5.41, 5.74) is 8.32. The molecule has 2 rings (SSSR count). The van der Waals surface area contributed by atoms with Gasteiger partial charge >= 0.3 is 0 Å². The molecule has 2 N–H and O–H groups in total. The smallest absolute Gasteiger partial charge is 0.142 e. The van der Waals surface area contributed by atoms with E-state index in [1.165, 1.54) is 11.6 Å². The molecule has 2 aromatic carbocycles. The van der Waals surface area contributed by atoms with E-state index in [9.17, 15) is 4.39 Å². The maximum Gasteiger partial charge on any atom is 0.142 e. The highest BCUT2D eigenvalue weighted by molar-refractivity contribution is 6.31. The van der Waals surface area contributed by atoms with Gasteiger partial charge in [0.05, 0.1) is 5.02 Å². The van der Waals surface area contributed by atoms with Gasteiger partial charge in [-0.1, -0.05) is 61.0 Å². The molecule has 0 amide bonds. The molecule has 0 aromatic heterocycles. The Bertz CT molecular complexity index is 556. The molecule has 0 saturated heterocycles. The zero-order valence-electron chi connectivity index (χ0n) is 11.5. The first-order valence-corrected chi connectivity index (χ1v) is 7.24. The van der Waals surface area contributed by atoms with E-state index >= 15 is 0 Å². The molecular weight excluding hydrogens is 273 g/mol. The molecule has 3 heteroatoms. The second-order valence-electron chi connectivity index (χ2n) is 5.01. The molecule has 2 atom stereocenters. The van der Waals surface area contributed by atoms with Crippen LogP contribution in [0.4, 0.5) is 4.39 Å². The Labute approximate surface area is 124 Å². The molecule has 0 aliphatic heterocycles. The lowest BCUT2D eigenvalue weighted by atomic mass is 9.86. The molecular formula is C17H19ClFN. The third-order valence-corrected chi connectivity index (χ3v) is 4.09. The maximum absolute atomic E-state index is 13.5. The van der Waals surface area contributed by atoms with Crippen LogP contribution in [0, 0.1) is 5.82 Å². The summed E-state index contributed by atoms with van der Waals surface area (Å²) >= 11 is 6.00. The third kappa shape index (κ3) is 3.38. The Morgan fingerprint density at radius 2 is 1.80 bits per heavy atom. The van der Waals surface area contributed by atoms with Gasteiger partial charge in [0.2, 0.25) is 0 Å². The summed E-state index contributed by atoms with van der Waals surface area (Å²) in [5, 5.41) is 0.186. The Morgan fingerprint density at radius 3 is 2.45 bits per heavy atom. The summed E-state index contributed by atoms with van der Waals surface area (Å²) in [6.07, 6.45) is 1.52. The van der Waals surface area contributed by atoms with Crippen molar-refractivity contribution in [2.24, 2.45) is 5.73 Å². The first-order valence-electron chi connectivity index (χ1n) is 6.87. The molecule has 0 aliphatic rings. The van der Waals surface area contributed by atoms with Crippen LogP contribution in [0.3, 0.4) is 0 Å². The Morgan fingerprint density at radius 1 is 1.10 bits per heavy atom. The monoisotopic (exact) mass is 291 g/mol. The molecule has 0 spiro atoms. The number of hydrogen-bond acceptors (Lipinski definition) is 1. The van der Waals surface area contributed by atoms with Gasteiger partial charge in [0.25, 0.3) is 0 Å². The summed E-state index contributed by atoms with van der Waals surface area (Å²) in [6, 6.07) is 15.0. The predicted molar refractivity (Wildman–Crippen MR) is 82.6 cm³/mol. The first-order chi connectivity index (χ1) is 9.63. The fraction of sp³-hybridized carbons (Fsp3) is 0.294. The maximum atomic E-state index is 13.5. The first kappa shape index (κ1) is 15.0. The molecule has 0 fully saturated rings. The van der Waals surface area contributed by atoms with Crippen molar-refractivity contribution < 1.29 is 4.39 Å². The SMILES string of the molecule is CCC(c1ccccc1)C(N)Cc1cccc(F)c1Cl. The second-order valence-corrected chi connectivity index (χ2v) is 5.38. The molecule has 0 heterocycles. The van der Waals surface area contributed by atoms with Crippen molar-refractivity contribution in [3.8, 4) is 0 Å². The summed E-state index contributed by atoms with van der Waals surface area (Å²) in [6.45, 7) is 2.12. The quantitative estimate of drug-likeness (QED) is 0.860. The standard InChI is InChI=1S/C17H19ClFN/c1-2-14(12-7-4-3-5-8-12)16(20)11-13-9-6-10-15(19)17(13)18/h3-10,14,16H,2,11,20H2,1H3. The van der Waals surface area contributed by atoms with Crippen molar-refractivity contribution in [3.63, 3.8) is 0 Å². The number of hydrogen-bond donors (Lipinski definition) is 1. The topological polar surface area (TPSA) is 26.0 Å². The van der Waals surface area contributed by atoms with Crippen molar-refractivity contribution in [2.75, 3.05) is 0 Å². The van der Waals surface area contributed by atoms with Gasteiger partial charge in [-0.2, -0.15) is 0 Å². The zero-order valence-corrected chi connectivity index (χ0v) is 12.3. The van der Waals surface area contributed by atoms with E-state index in [1.54, 1.807) is 6.07 Å². The number of benzene rings is 2. The number of rotatable bonds is 5. The zero-order chi connectivity index (χ0) is 14.5. The Balaban J connectivity index is 2.18. The second kappa shape index (κ2) is 6.87. The average molecular weight is 292 g/mol. The van der Waals surface area contributed by atoms with Crippen molar-refractivity contribution >= 4 is 11.6 Å². The minimum Gasteiger partial charge on any atom is -0.327 e. The van der Waals surface area contributed by atoms with Gasteiger partial charge in [0.1, 0.15) is 5.82 Å². The molecule has 20 heavy (non-hydrogen) atoms. The highest BCUT2D eigenvalue weighted by atomic mass is 35.5. The van der Waals surface area contributed by atoms with Crippen LogP contribution < -0.4 is 5.73 Å². The summed E-state index contributed by atoms with van der Waals surface area (Å²) in [4.78, 5) is 0. The summed E-state index contributed by atoms with van der Waals surface area (Å²) in [5.74, 6) is -0.139. The van der Waals surface area contributed by atoms with E-state index in [2.05, 4.69) is 19.1 Å². The molecule has 2 unspecified atom stereocenters. The van der Waals surface area contributed by atoms with E-state index in [0.717, 1.165) is 12.0 Å². The number of nitrogens with two attached hydrogens (primary N) is 1. The average Bonchev–Trinajstić information content (AvgIpc) is 2.46. The molecule has 0 aliphatic carbocycles. The Hall–Kier alpha value is -1.38. The minimum absolute atomic E-state index is 0.0818. The number of halogens is 2. The van der Waals surface area contributed by atoms with E-state index < -0.39 is 0 Å². The fourth-order valence-corrected chi connectivity index (χ4v) is 2.79. The summed E-state index contributed by atoms with van der Waals surface area (Å²) < 4.78 is 13.5.